The van der Waals surface area contributed by atoms with Crippen molar-refractivity contribution in [1.82, 2.24) is 0 Å². The molecule has 2 unspecified atom stereocenters. The minimum Gasteiger partial charge on any atom is -1.00 e. The second-order valence-electron chi connectivity index (χ2n) is 25.2. The van der Waals surface area contributed by atoms with Crippen molar-refractivity contribution < 1.29 is 197 Å². The zero-order valence-corrected chi connectivity index (χ0v) is 63.3. The van der Waals surface area contributed by atoms with Gasteiger partial charge in [0.1, 0.15) is 147 Å². The van der Waals surface area contributed by atoms with Crippen LogP contribution >= 0.6 is 11.6 Å². The smallest absolute Gasteiger partial charge is 1.00 e. The Bertz CT molecular complexity index is 3630. The maximum absolute atomic E-state index is 14.5. The predicted molar refractivity (Wildman–Crippen MR) is 337 cm³/mol. The van der Waals surface area contributed by atoms with Gasteiger partial charge in [0.2, 0.25) is 6.79 Å². The van der Waals surface area contributed by atoms with Gasteiger partial charge in [-0.25, -0.2) is 71.1 Å². The van der Waals surface area contributed by atoms with Crippen LogP contribution in [0.2, 0.25) is 0 Å². The number of benzene rings is 6. The minimum atomic E-state index is -1.17. The number of carboxylic acids is 1. The van der Waals surface area contributed by atoms with Crippen molar-refractivity contribution in [1.29, 1.82) is 0 Å². The molecular formula is C71H81Br2ClF15N4NaO10+2. The number of carboxylic acid groups (broad SMARTS) is 1. The largest absolute Gasteiger partial charge is 1.00 e. The fourth-order valence-electron chi connectivity index (χ4n) is 12.3. The quantitative estimate of drug-likeness (QED) is 0.0106. The molecule has 570 valence electrons. The Hall–Kier alpha value is -6.16. The Morgan fingerprint density at radius 1 is 0.452 bits per heavy atom. The van der Waals surface area contributed by atoms with Crippen LogP contribution in [-0.2, 0) is 72.5 Å². The van der Waals surface area contributed by atoms with Crippen molar-refractivity contribution in [2.75, 3.05) is 99.7 Å². The van der Waals surface area contributed by atoms with Crippen LogP contribution in [-0.4, -0.2) is 142 Å². The standard InChI is InChI=1S/C35H39F7N2O5.C19H19ClF4NO3.C16H20F3NO2.CH3F.2BrH.Na/c1-43(20-24-7-9-25(36)10-8-24,21-28-30(39)16-26(37)17-31(28)40)14-15-47-35(46)49-23-48-34(45)6-5-13-44(11-3-2-4-12-44)22-29-32(41)18-27(38)19-33(29)42;1-25(6-7-27-19(26)28-12-20,10-13-2-4-14(21)5-3-13)11-16-17(23)8-15(22)9-18(16)24;17-12-9-14(18)13(15(19)10-12)11-20(6-2-1-3-7-20)8-4-5-16(21)22;1-2;;;/h7-10,16-19H,2-6,11-15,20-23H2,1H3;2-5,8-9H,6-7,10-12H2,1H3;9-10H,1-8,11H2;1H3;2*1H;/q+2;+1;;;;;+1/p-2/i;;;1D;;;. The molecule has 0 radical (unpaired) electrons. The van der Waals surface area contributed by atoms with Crippen LogP contribution in [0.3, 0.4) is 0 Å². The average Bonchev–Trinajstić information content (AvgIpc) is 0.798. The van der Waals surface area contributed by atoms with E-state index >= 15 is 0 Å². The molecule has 14 nitrogen and oxygen atoms in total. The Kier molecular flexibility index (Phi) is 40.8. The number of likely N-dealkylation sites (tertiary alicyclic amines) is 2. The van der Waals surface area contributed by atoms with Gasteiger partial charge >= 0.3 is 47.8 Å². The average molecular weight is 1650 g/mol. The third kappa shape index (κ3) is 31.7. The third-order valence-corrected chi connectivity index (χ3v) is 17.4. The molecule has 0 aromatic heterocycles. The number of rotatable bonds is 29. The van der Waals surface area contributed by atoms with E-state index in [9.17, 15) is 90.1 Å². The first-order valence-electron chi connectivity index (χ1n) is 32.8. The molecule has 0 bridgehead atoms. The molecule has 0 aliphatic carbocycles. The number of likely N-dealkylation sites (N-methyl/N-ethyl adjacent to an activating group) is 2. The number of piperidine rings is 2. The van der Waals surface area contributed by atoms with Crippen LogP contribution in [0.25, 0.3) is 0 Å². The van der Waals surface area contributed by atoms with Crippen molar-refractivity contribution in [3.63, 3.8) is 0 Å². The molecule has 2 aliphatic rings. The topological polar surface area (TPSA) is 137 Å². The summed E-state index contributed by atoms with van der Waals surface area (Å²) >= 11 is 5.27. The van der Waals surface area contributed by atoms with Crippen molar-refractivity contribution in [3.8, 4) is 0 Å². The zero-order chi connectivity index (χ0) is 75.2. The minimum absolute atomic E-state index is 0. The first-order chi connectivity index (χ1) is 48.3. The summed E-state index contributed by atoms with van der Waals surface area (Å²) in [6.45, 7) is 2.98. The van der Waals surface area contributed by atoms with E-state index in [1.54, 1.807) is 26.2 Å². The number of quaternary nitrogens is 4. The van der Waals surface area contributed by atoms with Gasteiger partial charge in [-0.3, -0.25) is 9.18 Å². The SMILES string of the molecule is C[N+](CCOC(=O)OCCl)(Cc1ccc(F)cc1)Cc1c(F)cc(F)cc1F.C[N+](CCOC(=O)OCOC(=O)CCC[N+]1(Cc2c(F)cc(F)cc2F)CCCCC1)(Cc1ccc(F)cc1)Cc1c(F)cc(F)cc1F.O=C([O-])CCC[N+]1(Cc2c(F)cc(F)cc2F)CCCCC1.[2H]CF.[Br-].[Br-].[Na+]. The summed E-state index contributed by atoms with van der Waals surface area (Å²) in [7, 11) is 2.31. The number of hydrogen-bond donors (Lipinski definition) is 0. The first kappa shape index (κ1) is 92.0. The van der Waals surface area contributed by atoms with Crippen molar-refractivity contribution in [3.05, 3.63) is 212 Å². The fraction of sp³-hybridized carbons (Fsp3) is 0.437. The second-order valence-corrected chi connectivity index (χ2v) is 25.5. The Morgan fingerprint density at radius 2 is 0.760 bits per heavy atom. The van der Waals surface area contributed by atoms with Crippen molar-refractivity contribution in [2.24, 2.45) is 0 Å². The summed E-state index contributed by atoms with van der Waals surface area (Å²) in [6, 6.07) is 15.8. The van der Waals surface area contributed by atoms with E-state index in [1.807, 2.05) is 0 Å². The summed E-state index contributed by atoms with van der Waals surface area (Å²) in [5, 5.41) is 10.6. The van der Waals surface area contributed by atoms with Gasteiger partial charge in [-0.2, -0.15) is 0 Å². The first-order valence-corrected chi connectivity index (χ1v) is 32.6. The number of nitrogens with zero attached hydrogens (tertiary/aromatic N) is 4. The van der Waals surface area contributed by atoms with Gasteiger partial charge in [-0.05, 0) is 69.2 Å². The van der Waals surface area contributed by atoms with Crippen LogP contribution in [0.15, 0.2) is 97.1 Å². The molecule has 0 spiro atoms. The molecule has 8 rings (SSSR count). The van der Waals surface area contributed by atoms with E-state index in [2.05, 4.69) is 4.74 Å². The van der Waals surface area contributed by atoms with Gasteiger partial charge < -0.3 is 85.5 Å². The molecule has 2 heterocycles. The van der Waals surface area contributed by atoms with Gasteiger partial charge in [0, 0.05) is 78.5 Å². The predicted octanol–water partition coefficient (Wildman–Crippen LogP) is 5.91. The number of alkyl halides is 2. The molecular weight excluding hydrogens is 1570 g/mol. The number of aliphatic carboxylic acids is 1. The van der Waals surface area contributed by atoms with Gasteiger partial charge in [-0.1, -0.05) is 35.9 Å². The van der Waals surface area contributed by atoms with Crippen LogP contribution < -0.4 is 68.6 Å². The van der Waals surface area contributed by atoms with E-state index in [4.69, 9.17) is 31.9 Å². The summed E-state index contributed by atoms with van der Waals surface area (Å²) in [5.41, 5.74) is 0.358. The number of esters is 1. The van der Waals surface area contributed by atoms with Crippen LogP contribution in [0.4, 0.5) is 75.4 Å². The Morgan fingerprint density at radius 3 is 1.08 bits per heavy atom. The molecule has 2 fully saturated rings. The summed E-state index contributed by atoms with van der Waals surface area (Å²) in [4.78, 5) is 46.4. The molecule has 2 atom stereocenters. The molecule has 0 saturated carbocycles. The van der Waals surface area contributed by atoms with E-state index in [0.29, 0.717) is 108 Å². The van der Waals surface area contributed by atoms with Crippen LogP contribution in [0, 0.1) is 81.4 Å². The van der Waals surface area contributed by atoms with Gasteiger partial charge in [-0.15, -0.1) is 0 Å². The molecule has 6 aromatic carbocycles. The summed E-state index contributed by atoms with van der Waals surface area (Å²) in [5.74, 6) is -14.5. The molecule has 33 heteroatoms. The molecule has 0 amide bonds. The van der Waals surface area contributed by atoms with Gasteiger partial charge in [0.05, 0.1) is 90.6 Å². The molecule has 0 N–H and O–H groups in total. The molecule has 2 aliphatic heterocycles. The number of ether oxygens (including phenoxy) is 5. The third-order valence-electron chi connectivity index (χ3n) is 17.3. The molecule has 104 heavy (non-hydrogen) atoms. The Balaban J connectivity index is 0.000000566. The second kappa shape index (κ2) is 46.1. The van der Waals surface area contributed by atoms with Gasteiger partial charge in [0.15, 0.2) is 6.07 Å². The number of carbonyl (C=O) groups excluding carboxylic acids is 4. The summed E-state index contributed by atoms with van der Waals surface area (Å²) < 4.78 is 234. The fourth-order valence-corrected chi connectivity index (χ4v) is 12.4. The maximum Gasteiger partial charge on any atom is 1.00 e. The van der Waals surface area contributed by atoms with Gasteiger partial charge in [0.25, 0.3) is 0 Å². The van der Waals surface area contributed by atoms with Crippen LogP contribution in [0.1, 0.15) is 99.0 Å². The number of hydrogen-bond acceptors (Lipinski definition) is 10. The van der Waals surface area contributed by atoms with Crippen molar-refractivity contribution >= 4 is 35.9 Å². The maximum atomic E-state index is 14.5. The Labute approximate surface area is 643 Å². The number of halogens is 18. The monoisotopic (exact) mass is 1650 g/mol. The normalized spacial score (nSPS) is 14.6. The van der Waals surface area contributed by atoms with E-state index in [0.717, 1.165) is 51.6 Å². The van der Waals surface area contributed by atoms with Crippen LogP contribution in [0.5, 0.6) is 0 Å². The van der Waals surface area contributed by atoms with E-state index in [-0.39, 0.29) is 179 Å². The van der Waals surface area contributed by atoms with E-state index in [1.165, 1.54) is 36.4 Å². The molecule has 2 saturated heterocycles. The zero-order valence-electron chi connectivity index (χ0n) is 58.4. The van der Waals surface area contributed by atoms with Crippen molar-refractivity contribution in [2.45, 2.75) is 103 Å². The summed E-state index contributed by atoms with van der Waals surface area (Å²) in [6.07, 6.45) is 4.09. The number of carbonyl (C=O) groups is 4. The van der Waals surface area contributed by atoms with E-state index < -0.39 is 120 Å². The molecule has 6 aromatic rings.